The van der Waals surface area contributed by atoms with Gasteiger partial charge in [-0.2, -0.15) is 11.8 Å². The molecule has 1 heteroatoms. The second-order valence-corrected chi connectivity index (χ2v) is 2.79. The van der Waals surface area contributed by atoms with Gasteiger partial charge in [0, 0.05) is 5.75 Å². The predicted molar refractivity (Wildman–Crippen MR) is 30.5 cm³/mol. The summed E-state index contributed by atoms with van der Waals surface area (Å²) in [6.45, 7) is 2.26. The van der Waals surface area contributed by atoms with Gasteiger partial charge >= 0.3 is 0 Å². The molecule has 0 nitrogen and oxygen atoms in total. The monoisotopic (exact) mass is 101 g/mol. The molecule has 0 aromatic rings. The first kappa shape index (κ1) is 4.51. The average molecular weight is 101 g/mol. The van der Waals surface area contributed by atoms with Crippen LogP contribution in [0, 0.1) is 11.7 Å². The van der Waals surface area contributed by atoms with Crippen molar-refractivity contribution in [3.63, 3.8) is 0 Å². The van der Waals surface area contributed by atoms with Crippen molar-refractivity contribution in [3.8, 4) is 0 Å². The van der Waals surface area contributed by atoms with E-state index < -0.39 is 0 Å². The molecule has 0 bridgehead atoms. The standard InChI is InChI=1S/C5H9S/c1-5-2-3-6-4-5/h4-5H,2-3H2,1H3. The van der Waals surface area contributed by atoms with Crippen LogP contribution in [-0.4, -0.2) is 5.75 Å². The van der Waals surface area contributed by atoms with Gasteiger partial charge in [0.1, 0.15) is 0 Å². The normalized spacial score (nSPS) is 34.5. The summed E-state index contributed by atoms with van der Waals surface area (Å²) in [7, 11) is 0. The maximum atomic E-state index is 2.32. The van der Waals surface area contributed by atoms with Gasteiger partial charge in [-0.3, -0.25) is 0 Å². The molecule has 6 heavy (non-hydrogen) atoms. The van der Waals surface area contributed by atoms with Crippen LogP contribution in [0.4, 0.5) is 0 Å². The Kier molecular flexibility index (Phi) is 1.41. The molecule has 0 aromatic carbocycles. The average Bonchev–Trinajstić information content (AvgIpc) is 1.86. The van der Waals surface area contributed by atoms with Crippen LogP contribution in [0.5, 0.6) is 0 Å². The van der Waals surface area contributed by atoms with Crippen molar-refractivity contribution in [1.29, 1.82) is 0 Å². The van der Waals surface area contributed by atoms with Crippen LogP contribution in [0.25, 0.3) is 0 Å². The molecule has 0 saturated carbocycles. The second-order valence-electron chi connectivity index (χ2n) is 1.77. The Morgan fingerprint density at radius 3 is 2.83 bits per heavy atom. The summed E-state index contributed by atoms with van der Waals surface area (Å²) in [6.07, 6.45) is 1.39. The molecule has 0 spiro atoms. The summed E-state index contributed by atoms with van der Waals surface area (Å²) in [4.78, 5) is 0. The third-order valence-corrected chi connectivity index (χ3v) is 2.15. The quantitative estimate of drug-likeness (QED) is 0.449. The van der Waals surface area contributed by atoms with Crippen molar-refractivity contribution in [3.05, 3.63) is 5.75 Å². The lowest BCUT2D eigenvalue weighted by atomic mass is 10.2. The molecule has 1 heterocycles. The molecule has 1 fully saturated rings. The van der Waals surface area contributed by atoms with Gasteiger partial charge in [0.15, 0.2) is 0 Å². The fourth-order valence-corrected chi connectivity index (χ4v) is 1.66. The molecule has 1 atom stereocenters. The van der Waals surface area contributed by atoms with Crippen LogP contribution >= 0.6 is 11.8 Å². The van der Waals surface area contributed by atoms with Gasteiger partial charge in [0.05, 0.1) is 0 Å². The zero-order valence-electron chi connectivity index (χ0n) is 3.98. The van der Waals surface area contributed by atoms with Crippen LogP contribution in [0.3, 0.4) is 0 Å². The molecule has 0 N–H and O–H groups in total. The van der Waals surface area contributed by atoms with E-state index >= 15 is 0 Å². The summed E-state index contributed by atoms with van der Waals surface area (Å²) in [6, 6.07) is 0. The van der Waals surface area contributed by atoms with E-state index in [1.54, 1.807) is 0 Å². The summed E-state index contributed by atoms with van der Waals surface area (Å²) >= 11 is 1.96. The molecule has 1 aliphatic heterocycles. The van der Waals surface area contributed by atoms with Gasteiger partial charge in [0.25, 0.3) is 0 Å². The highest BCUT2D eigenvalue weighted by Crippen LogP contribution is 2.26. The Balaban J connectivity index is 2.18. The van der Waals surface area contributed by atoms with Crippen molar-refractivity contribution in [2.45, 2.75) is 13.3 Å². The Hall–Kier alpha value is 0.350. The van der Waals surface area contributed by atoms with Crippen molar-refractivity contribution in [2.24, 2.45) is 5.92 Å². The van der Waals surface area contributed by atoms with E-state index in [1.165, 1.54) is 12.2 Å². The molecule has 35 valence electrons. The Labute approximate surface area is 43.3 Å². The molecule has 1 radical (unpaired) electrons. The first-order valence-electron chi connectivity index (χ1n) is 2.34. The maximum absolute atomic E-state index is 2.32. The molecule has 1 unspecified atom stereocenters. The predicted octanol–water partition coefficient (Wildman–Crippen LogP) is 1.92. The van der Waals surface area contributed by atoms with Gasteiger partial charge in [0.2, 0.25) is 0 Å². The van der Waals surface area contributed by atoms with Crippen molar-refractivity contribution in [1.82, 2.24) is 0 Å². The topological polar surface area (TPSA) is 0 Å². The Morgan fingerprint density at radius 1 is 1.83 bits per heavy atom. The van der Waals surface area contributed by atoms with Crippen molar-refractivity contribution in [2.75, 3.05) is 5.75 Å². The van der Waals surface area contributed by atoms with E-state index in [0.717, 1.165) is 5.92 Å². The lowest BCUT2D eigenvalue weighted by Crippen LogP contribution is -1.80. The first-order chi connectivity index (χ1) is 2.89. The highest BCUT2D eigenvalue weighted by molar-refractivity contribution is 8.01. The Bertz CT molecular complexity index is 37.2. The highest BCUT2D eigenvalue weighted by Gasteiger charge is 2.08. The lowest BCUT2D eigenvalue weighted by Gasteiger charge is -1.89. The third-order valence-electron chi connectivity index (χ3n) is 1.02. The summed E-state index contributed by atoms with van der Waals surface area (Å²) in [5.74, 6) is 4.55. The van der Waals surface area contributed by atoms with Crippen LogP contribution in [0.2, 0.25) is 0 Å². The molecule has 1 saturated heterocycles. The van der Waals surface area contributed by atoms with Crippen molar-refractivity contribution >= 4 is 11.8 Å². The van der Waals surface area contributed by atoms with E-state index in [2.05, 4.69) is 12.7 Å². The second kappa shape index (κ2) is 1.87. The number of hydrogen-bond acceptors (Lipinski definition) is 1. The molecule has 0 aliphatic carbocycles. The summed E-state index contributed by atoms with van der Waals surface area (Å²) in [5.41, 5.74) is 0. The minimum Gasteiger partial charge on any atom is -0.157 e. The third kappa shape index (κ3) is 0.904. The fourth-order valence-electron chi connectivity index (χ4n) is 0.554. The molecular weight excluding hydrogens is 92.1 g/mol. The molecule has 1 rings (SSSR count). The van der Waals surface area contributed by atoms with Gasteiger partial charge in [-0.15, -0.1) is 0 Å². The molecule has 0 amide bonds. The SMILES string of the molecule is CC1[CH]SCC1. The minimum absolute atomic E-state index is 0.884. The van der Waals surface area contributed by atoms with Crippen molar-refractivity contribution < 1.29 is 0 Å². The van der Waals surface area contributed by atoms with Crippen LogP contribution in [0.15, 0.2) is 0 Å². The van der Waals surface area contributed by atoms with Gasteiger partial charge in [-0.1, -0.05) is 6.92 Å². The van der Waals surface area contributed by atoms with E-state index in [-0.39, 0.29) is 0 Å². The van der Waals surface area contributed by atoms with Crippen LogP contribution in [0.1, 0.15) is 13.3 Å². The zero-order chi connectivity index (χ0) is 4.41. The van der Waals surface area contributed by atoms with Gasteiger partial charge in [-0.25, -0.2) is 0 Å². The van der Waals surface area contributed by atoms with Gasteiger partial charge < -0.3 is 0 Å². The van der Waals surface area contributed by atoms with E-state index in [9.17, 15) is 0 Å². The van der Waals surface area contributed by atoms with Crippen LogP contribution < -0.4 is 0 Å². The lowest BCUT2D eigenvalue weighted by molar-refractivity contribution is 0.712. The molecular formula is C5H9S. The molecule has 1 aliphatic rings. The fraction of sp³-hybridized carbons (Fsp3) is 0.800. The number of rotatable bonds is 0. The summed E-state index contributed by atoms with van der Waals surface area (Å²) < 4.78 is 0. The zero-order valence-corrected chi connectivity index (χ0v) is 4.79. The smallest absolute Gasteiger partial charge is 0.0194 e. The van der Waals surface area contributed by atoms with Gasteiger partial charge in [-0.05, 0) is 18.1 Å². The number of hydrogen-bond donors (Lipinski definition) is 0. The minimum atomic E-state index is 0.884. The van der Waals surface area contributed by atoms with E-state index in [4.69, 9.17) is 0 Å². The first-order valence-corrected chi connectivity index (χ1v) is 3.39. The Morgan fingerprint density at radius 2 is 2.67 bits per heavy atom. The van der Waals surface area contributed by atoms with E-state index in [0.29, 0.717) is 0 Å². The summed E-state index contributed by atoms with van der Waals surface area (Å²) in [5, 5.41) is 0. The largest absolute Gasteiger partial charge is 0.157 e. The highest BCUT2D eigenvalue weighted by atomic mass is 32.2. The van der Waals surface area contributed by atoms with E-state index in [1.807, 2.05) is 11.8 Å². The molecule has 0 aromatic heterocycles. The number of thioether (sulfide) groups is 1. The van der Waals surface area contributed by atoms with Crippen LogP contribution in [-0.2, 0) is 0 Å². The maximum Gasteiger partial charge on any atom is 0.0194 e.